The molecule has 2 saturated carbocycles. The number of amides is 1. The van der Waals surface area contributed by atoms with Crippen LogP contribution in [-0.4, -0.2) is 16.0 Å². The third-order valence-corrected chi connectivity index (χ3v) is 5.29. The Morgan fingerprint density at radius 1 is 1.48 bits per heavy atom. The van der Waals surface area contributed by atoms with Crippen LogP contribution in [0.3, 0.4) is 0 Å². The zero-order valence-electron chi connectivity index (χ0n) is 11.2. The number of nitrogens with one attached hydrogen (secondary N) is 1. The Morgan fingerprint density at radius 2 is 2.33 bits per heavy atom. The fourth-order valence-electron chi connectivity index (χ4n) is 2.47. The number of hydrogen-bond donors (Lipinski definition) is 1. The number of carbonyl (C=O) groups is 1. The van der Waals surface area contributed by atoms with Gasteiger partial charge in [0.1, 0.15) is 0 Å². The maximum absolute atomic E-state index is 12.1. The minimum absolute atomic E-state index is 0.0468. The molecule has 2 heterocycles. The van der Waals surface area contributed by atoms with Gasteiger partial charge in [-0.15, -0.1) is 11.3 Å². The van der Waals surface area contributed by atoms with Crippen molar-refractivity contribution in [1.82, 2.24) is 15.5 Å². The summed E-state index contributed by atoms with van der Waals surface area (Å²) in [6.45, 7) is 0.312. The van der Waals surface area contributed by atoms with Crippen LogP contribution >= 0.6 is 22.9 Å². The maximum Gasteiger partial charge on any atom is 0.246 e. The molecule has 0 radical (unpaired) electrons. The fraction of sp³-hybridized carbons (Fsp3) is 0.500. The molecule has 0 aromatic carbocycles. The van der Waals surface area contributed by atoms with E-state index >= 15 is 0 Å². The highest BCUT2D eigenvalue weighted by molar-refractivity contribution is 7.16. The topological polar surface area (TPSA) is 68.0 Å². The van der Waals surface area contributed by atoms with E-state index in [9.17, 15) is 4.79 Å². The molecule has 0 bridgehead atoms. The van der Waals surface area contributed by atoms with Crippen LogP contribution in [0, 0.1) is 5.92 Å². The van der Waals surface area contributed by atoms with Crippen molar-refractivity contribution < 1.29 is 9.32 Å². The molecule has 21 heavy (non-hydrogen) atoms. The van der Waals surface area contributed by atoms with Gasteiger partial charge in [-0.1, -0.05) is 16.8 Å². The molecule has 1 amide bonds. The molecule has 1 N–H and O–H groups in total. The van der Waals surface area contributed by atoms with E-state index in [0.717, 1.165) is 29.4 Å². The second-order valence-corrected chi connectivity index (χ2v) is 7.38. The first-order valence-electron chi connectivity index (χ1n) is 7.06. The highest BCUT2D eigenvalue weighted by atomic mass is 35.5. The Labute approximate surface area is 130 Å². The van der Waals surface area contributed by atoms with Crippen molar-refractivity contribution in [3.63, 3.8) is 0 Å². The van der Waals surface area contributed by atoms with Crippen molar-refractivity contribution in [3.05, 3.63) is 33.1 Å². The average molecular weight is 324 g/mol. The highest BCUT2D eigenvalue weighted by Gasteiger charge is 2.44. The van der Waals surface area contributed by atoms with E-state index in [1.54, 1.807) is 11.3 Å². The van der Waals surface area contributed by atoms with Gasteiger partial charge in [0.05, 0.1) is 10.9 Å². The number of nitrogens with zero attached hydrogens (tertiary/aromatic N) is 2. The first-order valence-corrected chi connectivity index (χ1v) is 8.25. The highest BCUT2D eigenvalue weighted by Crippen LogP contribution is 2.50. The Kier molecular flexibility index (Phi) is 3.23. The molecule has 0 unspecified atom stereocenters. The molecule has 2 aromatic rings. The molecule has 2 aliphatic carbocycles. The number of thiophene rings is 1. The van der Waals surface area contributed by atoms with E-state index < -0.39 is 0 Å². The summed E-state index contributed by atoms with van der Waals surface area (Å²) in [5.74, 6) is 2.14. The molecule has 4 rings (SSSR count). The van der Waals surface area contributed by atoms with Gasteiger partial charge in [0.25, 0.3) is 0 Å². The van der Waals surface area contributed by atoms with Crippen LogP contribution in [0.5, 0.6) is 0 Å². The van der Waals surface area contributed by atoms with E-state index in [0.29, 0.717) is 24.3 Å². The van der Waals surface area contributed by atoms with Crippen LogP contribution in [0.4, 0.5) is 0 Å². The first-order chi connectivity index (χ1) is 10.2. The van der Waals surface area contributed by atoms with Crippen LogP contribution in [0.25, 0.3) is 0 Å². The Balaban J connectivity index is 1.30. The fourth-order valence-corrected chi connectivity index (χ4v) is 3.71. The third-order valence-electron chi connectivity index (χ3n) is 3.93. The van der Waals surface area contributed by atoms with Gasteiger partial charge in [-0.05, 0) is 31.4 Å². The van der Waals surface area contributed by atoms with E-state index in [-0.39, 0.29) is 11.8 Å². The Bertz CT molecular complexity index is 679. The molecular formula is C14H14ClN3O2S. The van der Waals surface area contributed by atoms with Crippen molar-refractivity contribution in [2.24, 2.45) is 5.92 Å². The van der Waals surface area contributed by atoms with Gasteiger partial charge in [0.15, 0.2) is 5.82 Å². The summed E-state index contributed by atoms with van der Waals surface area (Å²) >= 11 is 7.48. The molecule has 110 valence electrons. The van der Waals surface area contributed by atoms with Gasteiger partial charge in [0.2, 0.25) is 11.8 Å². The molecule has 2 aromatic heterocycles. The van der Waals surface area contributed by atoms with Crippen LogP contribution in [0.2, 0.25) is 4.34 Å². The molecule has 2 fully saturated rings. The number of rotatable bonds is 5. The molecule has 0 spiro atoms. The molecule has 2 aliphatic rings. The lowest BCUT2D eigenvalue weighted by atomic mass is 10.2. The standard InChI is InChI=1S/C14H14ClN3O2S/c15-11-4-3-10(21-11)8-5-9(8)14(19)16-6-12-17-13(18-20-12)7-1-2-7/h3-4,7-9H,1-2,5-6H2,(H,16,19)/t8-,9-/m1/s1. The minimum atomic E-state index is 0.0468. The lowest BCUT2D eigenvalue weighted by Crippen LogP contribution is -2.25. The van der Waals surface area contributed by atoms with Gasteiger partial charge in [-0.25, -0.2) is 0 Å². The van der Waals surface area contributed by atoms with E-state index in [4.69, 9.17) is 16.1 Å². The second-order valence-electron chi connectivity index (χ2n) is 5.63. The predicted molar refractivity (Wildman–Crippen MR) is 78.3 cm³/mol. The van der Waals surface area contributed by atoms with Crippen molar-refractivity contribution >= 4 is 28.8 Å². The van der Waals surface area contributed by atoms with Gasteiger partial charge < -0.3 is 9.84 Å². The molecule has 2 atom stereocenters. The minimum Gasteiger partial charge on any atom is -0.347 e. The maximum atomic E-state index is 12.1. The SMILES string of the molecule is O=C(NCc1nc(C2CC2)no1)[C@@H]1C[C@H]1c1ccc(Cl)s1. The quantitative estimate of drug-likeness (QED) is 0.918. The van der Waals surface area contributed by atoms with E-state index in [1.807, 2.05) is 12.1 Å². The number of carbonyl (C=O) groups excluding carboxylic acids is 1. The number of hydrogen-bond acceptors (Lipinski definition) is 5. The van der Waals surface area contributed by atoms with Gasteiger partial charge in [-0.2, -0.15) is 4.98 Å². The molecule has 5 nitrogen and oxygen atoms in total. The monoisotopic (exact) mass is 323 g/mol. The predicted octanol–water partition coefficient (Wildman–Crippen LogP) is 3.08. The molecular weight excluding hydrogens is 310 g/mol. The zero-order chi connectivity index (χ0) is 14.4. The van der Waals surface area contributed by atoms with Gasteiger partial charge >= 0.3 is 0 Å². The first kappa shape index (κ1) is 13.3. The van der Waals surface area contributed by atoms with E-state index in [1.165, 1.54) is 4.88 Å². The van der Waals surface area contributed by atoms with Gasteiger partial charge in [-0.3, -0.25) is 4.79 Å². The number of halogens is 1. The van der Waals surface area contributed by atoms with Crippen molar-refractivity contribution in [2.45, 2.75) is 37.6 Å². The third kappa shape index (κ3) is 2.82. The van der Waals surface area contributed by atoms with Gasteiger partial charge in [0, 0.05) is 22.6 Å². The summed E-state index contributed by atoms with van der Waals surface area (Å²) in [6, 6.07) is 3.89. The zero-order valence-corrected chi connectivity index (χ0v) is 12.8. The molecule has 0 aliphatic heterocycles. The van der Waals surface area contributed by atoms with Crippen LogP contribution in [0.1, 0.15) is 47.7 Å². The van der Waals surface area contributed by atoms with Crippen molar-refractivity contribution in [2.75, 3.05) is 0 Å². The smallest absolute Gasteiger partial charge is 0.246 e. The summed E-state index contributed by atoms with van der Waals surface area (Å²) in [4.78, 5) is 17.6. The summed E-state index contributed by atoms with van der Waals surface area (Å²) in [5, 5.41) is 6.81. The Morgan fingerprint density at radius 3 is 3.05 bits per heavy atom. The summed E-state index contributed by atoms with van der Waals surface area (Å²) < 4.78 is 5.91. The van der Waals surface area contributed by atoms with Crippen molar-refractivity contribution in [1.29, 1.82) is 0 Å². The lowest BCUT2D eigenvalue weighted by molar-refractivity contribution is -0.122. The van der Waals surface area contributed by atoms with E-state index in [2.05, 4.69) is 15.5 Å². The normalized spacial score (nSPS) is 24.0. The van der Waals surface area contributed by atoms with Crippen molar-refractivity contribution in [3.8, 4) is 0 Å². The number of aromatic nitrogens is 2. The van der Waals surface area contributed by atoms with Crippen LogP contribution in [-0.2, 0) is 11.3 Å². The summed E-state index contributed by atoms with van der Waals surface area (Å²) in [6.07, 6.45) is 3.16. The lowest BCUT2D eigenvalue weighted by Gasteiger charge is -2.00. The second kappa shape index (κ2) is 5.10. The Hall–Kier alpha value is -1.40. The largest absolute Gasteiger partial charge is 0.347 e. The van der Waals surface area contributed by atoms with Crippen LogP contribution in [0.15, 0.2) is 16.7 Å². The molecule has 0 saturated heterocycles. The average Bonchev–Trinajstić information content (AvgIpc) is 3.39. The van der Waals surface area contributed by atoms with Crippen LogP contribution < -0.4 is 5.32 Å². The summed E-state index contributed by atoms with van der Waals surface area (Å²) in [7, 11) is 0. The summed E-state index contributed by atoms with van der Waals surface area (Å²) in [5.41, 5.74) is 0. The molecule has 7 heteroatoms.